The van der Waals surface area contributed by atoms with Crippen LogP contribution < -0.4 is 15.9 Å². The average Bonchev–Trinajstić information content (AvgIpc) is 3.32. The van der Waals surface area contributed by atoms with Gasteiger partial charge in [-0.2, -0.15) is 0 Å². The average molecular weight is 399 g/mol. The first-order chi connectivity index (χ1) is 14.3. The number of benzene rings is 3. The quantitative estimate of drug-likeness (QED) is 0.339. The highest BCUT2D eigenvalue weighted by molar-refractivity contribution is 7.95. The third-order valence-electron chi connectivity index (χ3n) is 5.64. The summed E-state index contributed by atoms with van der Waals surface area (Å²) in [7, 11) is -1.75. The Bertz CT molecular complexity index is 882. The van der Waals surface area contributed by atoms with Gasteiger partial charge in [-0.05, 0) is 60.9 Å². The summed E-state index contributed by atoms with van der Waals surface area (Å²) in [5, 5.41) is 4.38. The van der Waals surface area contributed by atoms with Crippen molar-refractivity contribution in [2.24, 2.45) is 5.92 Å². The third-order valence-corrected chi connectivity index (χ3v) is 10.4. The zero-order valence-corrected chi connectivity index (χ0v) is 17.8. The van der Waals surface area contributed by atoms with Gasteiger partial charge in [0.15, 0.2) is 0 Å². The van der Waals surface area contributed by atoms with Crippen LogP contribution in [0.25, 0.3) is 0 Å². The van der Waals surface area contributed by atoms with Crippen molar-refractivity contribution < 1.29 is 4.42 Å². The fourth-order valence-corrected chi connectivity index (χ4v) is 8.90. The van der Waals surface area contributed by atoms with Gasteiger partial charge < -0.3 is 4.42 Å². The van der Waals surface area contributed by atoms with Crippen molar-refractivity contribution in [3.8, 4) is 0 Å². The number of hydrogen-bond acceptors (Lipinski definition) is 1. The van der Waals surface area contributed by atoms with Gasteiger partial charge >= 0.3 is 0 Å². The smallest absolute Gasteiger partial charge is 0.112 e. The Morgan fingerprint density at radius 1 is 0.655 bits per heavy atom. The Kier molecular flexibility index (Phi) is 6.27. The van der Waals surface area contributed by atoms with E-state index in [4.69, 9.17) is 4.42 Å². The first kappa shape index (κ1) is 19.7. The summed E-state index contributed by atoms with van der Waals surface area (Å²) < 4.78 is 5.58. The van der Waals surface area contributed by atoms with Crippen LogP contribution in [0.1, 0.15) is 19.1 Å². The fraction of sp³-hybridized carbons (Fsp3) is 0.185. The second-order valence-electron chi connectivity index (χ2n) is 7.72. The molecule has 146 valence electrons. The Morgan fingerprint density at radius 2 is 1.14 bits per heavy atom. The third kappa shape index (κ3) is 4.36. The zero-order chi connectivity index (χ0) is 19.9. The van der Waals surface area contributed by atoms with E-state index in [0.717, 1.165) is 24.8 Å². The molecule has 1 atom stereocenters. The van der Waals surface area contributed by atoms with Crippen LogP contribution >= 0.6 is 7.26 Å². The van der Waals surface area contributed by atoms with Crippen LogP contribution in [0.5, 0.6) is 0 Å². The Morgan fingerprint density at radius 3 is 1.55 bits per heavy atom. The van der Waals surface area contributed by atoms with Crippen LogP contribution in [0.4, 0.5) is 0 Å². The Labute approximate surface area is 174 Å². The van der Waals surface area contributed by atoms with E-state index in [9.17, 15) is 0 Å². The van der Waals surface area contributed by atoms with Gasteiger partial charge in [0.25, 0.3) is 0 Å². The van der Waals surface area contributed by atoms with Crippen molar-refractivity contribution in [3.05, 3.63) is 115 Å². The Balaban J connectivity index is 1.77. The molecule has 0 saturated heterocycles. The lowest BCUT2D eigenvalue weighted by Gasteiger charge is -2.30. The largest absolute Gasteiger partial charge is 0.469 e. The minimum absolute atomic E-state index is 0.578. The molecule has 0 spiro atoms. The highest BCUT2D eigenvalue weighted by Crippen LogP contribution is 2.56. The predicted octanol–water partition coefficient (Wildman–Crippen LogP) is 5.84. The molecule has 0 radical (unpaired) electrons. The van der Waals surface area contributed by atoms with Crippen molar-refractivity contribution in [1.82, 2.24) is 0 Å². The van der Waals surface area contributed by atoms with Gasteiger partial charge in [0.1, 0.15) is 28.9 Å². The topological polar surface area (TPSA) is 13.1 Å². The molecule has 3 aromatic carbocycles. The fourth-order valence-electron chi connectivity index (χ4n) is 4.21. The maximum Gasteiger partial charge on any atom is 0.112 e. The molecular formula is C27H28OP+. The summed E-state index contributed by atoms with van der Waals surface area (Å²) in [6.45, 7) is 2.40. The van der Waals surface area contributed by atoms with Crippen molar-refractivity contribution in [2.75, 3.05) is 6.16 Å². The molecule has 0 bridgehead atoms. The number of hydrogen-bond donors (Lipinski definition) is 0. The summed E-state index contributed by atoms with van der Waals surface area (Å²) in [5.41, 5.74) is 0. The highest BCUT2D eigenvalue weighted by atomic mass is 31.2. The van der Waals surface area contributed by atoms with Crippen molar-refractivity contribution in [3.63, 3.8) is 0 Å². The lowest BCUT2D eigenvalue weighted by molar-refractivity contribution is 0.477. The van der Waals surface area contributed by atoms with Crippen LogP contribution in [-0.2, 0) is 6.42 Å². The molecule has 1 nitrogen and oxygen atoms in total. The minimum Gasteiger partial charge on any atom is -0.469 e. The highest BCUT2D eigenvalue weighted by Gasteiger charge is 2.46. The molecule has 0 aliphatic heterocycles. The number of furan rings is 1. The van der Waals surface area contributed by atoms with Crippen molar-refractivity contribution >= 4 is 23.2 Å². The summed E-state index contributed by atoms with van der Waals surface area (Å²) in [5.74, 6) is 1.66. The minimum atomic E-state index is -1.75. The predicted molar refractivity (Wildman–Crippen MR) is 126 cm³/mol. The lowest BCUT2D eigenvalue weighted by atomic mass is 10.1. The van der Waals surface area contributed by atoms with Crippen molar-refractivity contribution in [1.29, 1.82) is 0 Å². The van der Waals surface area contributed by atoms with Crippen LogP contribution in [-0.4, -0.2) is 6.16 Å². The van der Waals surface area contributed by atoms with Gasteiger partial charge in [0, 0.05) is 6.42 Å². The molecule has 1 aromatic heterocycles. The molecule has 29 heavy (non-hydrogen) atoms. The van der Waals surface area contributed by atoms with E-state index in [0.29, 0.717) is 5.92 Å². The Hall–Kier alpha value is -2.63. The van der Waals surface area contributed by atoms with E-state index in [1.807, 2.05) is 6.07 Å². The van der Waals surface area contributed by atoms with Gasteiger partial charge in [0.2, 0.25) is 0 Å². The molecule has 0 N–H and O–H groups in total. The molecule has 4 rings (SSSR count). The van der Waals surface area contributed by atoms with E-state index in [-0.39, 0.29) is 0 Å². The first-order valence-corrected chi connectivity index (χ1v) is 12.3. The molecule has 4 aromatic rings. The SMILES string of the molecule is CC(CCc1ccco1)C[P+](c1ccccc1)(c1ccccc1)c1ccccc1. The van der Waals surface area contributed by atoms with Crippen LogP contribution in [0, 0.1) is 5.92 Å². The molecule has 1 unspecified atom stereocenters. The van der Waals surface area contributed by atoms with E-state index >= 15 is 0 Å². The molecular weight excluding hydrogens is 371 g/mol. The zero-order valence-electron chi connectivity index (χ0n) is 16.9. The van der Waals surface area contributed by atoms with Crippen LogP contribution in [0.2, 0.25) is 0 Å². The van der Waals surface area contributed by atoms with E-state index in [2.05, 4.69) is 104 Å². The van der Waals surface area contributed by atoms with Gasteiger partial charge in [0.05, 0.1) is 12.4 Å². The van der Waals surface area contributed by atoms with Gasteiger partial charge in [-0.15, -0.1) is 0 Å². The van der Waals surface area contributed by atoms with E-state index in [1.165, 1.54) is 15.9 Å². The molecule has 0 amide bonds. The van der Waals surface area contributed by atoms with Crippen LogP contribution in [0.15, 0.2) is 114 Å². The second kappa shape index (κ2) is 9.25. The number of rotatable bonds is 8. The van der Waals surface area contributed by atoms with Gasteiger partial charge in [-0.25, -0.2) is 0 Å². The van der Waals surface area contributed by atoms with Gasteiger partial charge in [-0.1, -0.05) is 61.5 Å². The summed E-state index contributed by atoms with van der Waals surface area (Å²) in [6.07, 6.45) is 5.05. The maximum atomic E-state index is 5.58. The van der Waals surface area contributed by atoms with E-state index < -0.39 is 7.26 Å². The van der Waals surface area contributed by atoms with E-state index in [1.54, 1.807) is 6.26 Å². The van der Waals surface area contributed by atoms with Crippen LogP contribution in [0.3, 0.4) is 0 Å². The molecule has 0 aliphatic carbocycles. The molecule has 0 fully saturated rings. The number of aryl methyl sites for hydroxylation is 1. The maximum absolute atomic E-state index is 5.58. The molecule has 2 heteroatoms. The first-order valence-electron chi connectivity index (χ1n) is 10.4. The van der Waals surface area contributed by atoms with Gasteiger partial charge in [-0.3, -0.25) is 0 Å². The molecule has 0 saturated carbocycles. The standard InChI is InChI=1S/C27H28OP/c1-23(19-20-24-12-11-21-28-24)22-29(25-13-5-2-6-14-25,26-15-7-3-8-16-26)27-17-9-4-10-18-27/h2-18,21,23H,19-20,22H2,1H3/q+1. The summed E-state index contributed by atoms with van der Waals surface area (Å²) in [6, 6.07) is 37.5. The second-order valence-corrected chi connectivity index (χ2v) is 11.3. The summed E-state index contributed by atoms with van der Waals surface area (Å²) >= 11 is 0. The molecule has 1 heterocycles. The monoisotopic (exact) mass is 399 g/mol. The van der Waals surface area contributed by atoms with Crippen molar-refractivity contribution in [2.45, 2.75) is 19.8 Å². The molecule has 0 aliphatic rings. The summed E-state index contributed by atoms with van der Waals surface area (Å²) in [4.78, 5) is 0. The lowest BCUT2D eigenvalue weighted by Crippen LogP contribution is -2.35. The normalized spacial score (nSPS) is 12.6.